The summed E-state index contributed by atoms with van der Waals surface area (Å²) in [5.74, 6) is 0. The van der Waals surface area contributed by atoms with Crippen molar-refractivity contribution >= 4 is 11.6 Å². The fourth-order valence-electron chi connectivity index (χ4n) is 2.15. The molecule has 0 spiro atoms. The van der Waals surface area contributed by atoms with Crippen molar-refractivity contribution < 1.29 is 0 Å². The molecule has 1 aromatic rings. The lowest BCUT2D eigenvalue weighted by Gasteiger charge is -2.32. The van der Waals surface area contributed by atoms with E-state index in [2.05, 4.69) is 22.9 Å². The lowest BCUT2D eigenvalue weighted by Crippen LogP contribution is -2.32. The fraction of sp³-hybridized carbons (Fsp3) is 0.583. The van der Waals surface area contributed by atoms with Gasteiger partial charge in [0.1, 0.15) is 5.15 Å². The van der Waals surface area contributed by atoms with Crippen LogP contribution in [0.3, 0.4) is 0 Å². The average molecular weight is 225 g/mol. The third-order valence-electron chi connectivity index (χ3n) is 3.17. The topological polar surface area (TPSA) is 16.1 Å². The Hall–Kier alpha value is -0.600. The molecule has 1 fully saturated rings. The first kappa shape index (κ1) is 10.9. The molecule has 0 bridgehead atoms. The number of aromatic nitrogens is 1. The van der Waals surface area contributed by atoms with Crippen LogP contribution in [0.25, 0.3) is 0 Å². The number of likely N-dealkylation sites (tertiary alicyclic amines) is 1. The molecular formula is C12H17ClN2. The fourth-order valence-corrected chi connectivity index (χ4v) is 2.26. The average Bonchev–Trinajstić information content (AvgIpc) is 2.30. The summed E-state index contributed by atoms with van der Waals surface area (Å²) in [6, 6.07) is 4.42. The van der Waals surface area contributed by atoms with Crippen molar-refractivity contribution in [3.63, 3.8) is 0 Å². The third kappa shape index (κ3) is 2.70. The summed E-state index contributed by atoms with van der Waals surface area (Å²) in [5, 5.41) is 0.574. The van der Waals surface area contributed by atoms with Gasteiger partial charge in [0.2, 0.25) is 0 Å². The van der Waals surface area contributed by atoms with Gasteiger partial charge in [0.15, 0.2) is 0 Å². The summed E-state index contributed by atoms with van der Waals surface area (Å²) >= 11 is 5.78. The number of rotatable bonds is 2. The van der Waals surface area contributed by atoms with Gasteiger partial charge in [-0.2, -0.15) is 0 Å². The largest absolute Gasteiger partial charge is 0.297 e. The van der Waals surface area contributed by atoms with Crippen molar-refractivity contribution in [3.8, 4) is 0 Å². The maximum Gasteiger partial charge on any atom is 0.129 e. The monoisotopic (exact) mass is 224 g/mol. The highest BCUT2D eigenvalue weighted by atomic mass is 35.5. The first-order valence-electron chi connectivity index (χ1n) is 5.63. The van der Waals surface area contributed by atoms with Crippen LogP contribution in [0.15, 0.2) is 18.3 Å². The molecule has 1 atom stereocenters. The highest BCUT2D eigenvalue weighted by Crippen LogP contribution is 2.23. The summed E-state index contributed by atoms with van der Waals surface area (Å²) in [5.41, 5.74) is 1.27. The quantitative estimate of drug-likeness (QED) is 0.717. The van der Waals surface area contributed by atoms with E-state index in [1.165, 1.54) is 37.9 Å². The van der Waals surface area contributed by atoms with Crippen LogP contribution < -0.4 is 0 Å². The number of nitrogens with zero attached hydrogens (tertiary/aromatic N) is 2. The molecule has 0 amide bonds. The predicted molar refractivity (Wildman–Crippen MR) is 63.1 cm³/mol. The summed E-state index contributed by atoms with van der Waals surface area (Å²) in [6.45, 7) is 4.67. The van der Waals surface area contributed by atoms with Crippen molar-refractivity contribution in [3.05, 3.63) is 29.0 Å². The second-order valence-corrected chi connectivity index (χ2v) is 4.57. The smallest absolute Gasteiger partial charge is 0.129 e. The maximum atomic E-state index is 5.78. The molecule has 0 N–H and O–H groups in total. The molecule has 1 aromatic heterocycles. The van der Waals surface area contributed by atoms with Gasteiger partial charge in [-0.05, 0) is 44.5 Å². The highest BCUT2D eigenvalue weighted by molar-refractivity contribution is 6.29. The molecule has 2 rings (SSSR count). The molecular weight excluding hydrogens is 208 g/mol. The van der Waals surface area contributed by atoms with Crippen molar-refractivity contribution in [1.82, 2.24) is 9.88 Å². The van der Waals surface area contributed by atoms with E-state index in [0.29, 0.717) is 11.2 Å². The molecule has 0 aromatic carbocycles. The molecule has 15 heavy (non-hydrogen) atoms. The zero-order chi connectivity index (χ0) is 10.7. The number of hydrogen-bond donors (Lipinski definition) is 0. The summed E-state index contributed by atoms with van der Waals surface area (Å²) < 4.78 is 0. The van der Waals surface area contributed by atoms with E-state index in [1.807, 2.05) is 12.3 Å². The molecule has 1 aliphatic heterocycles. The standard InChI is InChI=1S/C12H17ClN2/c1-10(15-7-3-2-4-8-15)11-5-6-12(13)14-9-11/h5-6,9-10H,2-4,7-8H2,1H3. The van der Waals surface area contributed by atoms with Crippen molar-refractivity contribution in [1.29, 1.82) is 0 Å². The predicted octanol–water partition coefficient (Wildman–Crippen LogP) is 3.28. The van der Waals surface area contributed by atoms with Crippen LogP contribution in [-0.2, 0) is 0 Å². The maximum absolute atomic E-state index is 5.78. The van der Waals surface area contributed by atoms with Gasteiger partial charge in [0.05, 0.1) is 0 Å². The molecule has 1 unspecified atom stereocenters. The van der Waals surface area contributed by atoms with Gasteiger partial charge in [0.25, 0.3) is 0 Å². The molecule has 0 aliphatic carbocycles. The van der Waals surface area contributed by atoms with Gasteiger partial charge in [-0.15, -0.1) is 0 Å². The van der Waals surface area contributed by atoms with Gasteiger partial charge in [-0.1, -0.05) is 24.1 Å². The Bertz CT molecular complexity index is 304. The normalized spacial score (nSPS) is 20.1. The van der Waals surface area contributed by atoms with Gasteiger partial charge in [0, 0.05) is 12.2 Å². The minimum Gasteiger partial charge on any atom is -0.297 e. The zero-order valence-electron chi connectivity index (χ0n) is 9.12. The third-order valence-corrected chi connectivity index (χ3v) is 3.39. The molecule has 0 saturated carbocycles. The van der Waals surface area contributed by atoms with E-state index in [-0.39, 0.29) is 0 Å². The lowest BCUT2D eigenvalue weighted by atomic mass is 10.0. The van der Waals surface area contributed by atoms with Gasteiger partial charge in [-0.3, -0.25) is 4.90 Å². The first-order valence-corrected chi connectivity index (χ1v) is 6.00. The number of hydrogen-bond acceptors (Lipinski definition) is 2. The Kier molecular flexibility index (Phi) is 3.60. The zero-order valence-corrected chi connectivity index (χ0v) is 9.87. The molecule has 1 saturated heterocycles. The van der Waals surface area contributed by atoms with Crippen molar-refractivity contribution in [2.45, 2.75) is 32.2 Å². The lowest BCUT2D eigenvalue weighted by molar-refractivity contribution is 0.174. The van der Waals surface area contributed by atoms with Crippen LogP contribution in [0.5, 0.6) is 0 Å². The Morgan fingerprint density at radius 1 is 1.27 bits per heavy atom. The van der Waals surface area contributed by atoms with Gasteiger partial charge < -0.3 is 0 Å². The second-order valence-electron chi connectivity index (χ2n) is 4.19. The van der Waals surface area contributed by atoms with Crippen LogP contribution in [-0.4, -0.2) is 23.0 Å². The Morgan fingerprint density at radius 3 is 2.60 bits per heavy atom. The SMILES string of the molecule is CC(c1ccc(Cl)nc1)N1CCCCC1. The molecule has 82 valence electrons. The van der Waals surface area contributed by atoms with Gasteiger partial charge >= 0.3 is 0 Å². The molecule has 2 heterocycles. The summed E-state index contributed by atoms with van der Waals surface area (Å²) in [4.78, 5) is 6.66. The van der Waals surface area contributed by atoms with E-state index in [9.17, 15) is 0 Å². The summed E-state index contributed by atoms with van der Waals surface area (Å²) in [6.07, 6.45) is 5.92. The van der Waals surface area contributed by atoms with E-state index in [4.69, 9.17) is 11.6 Å². The van der Waals surface area contributed by atoms with Crippen LogP contribution in [0.2, 0.25) is 5.15 Å². The number of piperidine rings is 1. The Balaban J connectivity index is 2.05. The van der Waals surface area contributed by atoms with E-state index in [0.717, 1.165) is 0 Å². The van der Waals surface area contributed by atoms with E-state index < -0.39 is 0 Å². The Labute approximate surface area is 96.3 Å². The van der Waals surface area contributed by atoms with E-state index >= 15 is 0 Å². The van der Waals surface area contributed by atoms with Crippen LogP contribution >= 0.6 is 11.6 Å². The first-order chi connectivity index (χ1) is 7.27. The minimum absolute atomic E-state index is 0.468. The van der Waals surface area contributed by atoms with Crippen LogP contribution in [0.1, 0.15) is 37.8 Å². The van der Waals surface area contributed by atoms with Crippen molar-refractivity contribution in [2.75, 3.05) is 13.1 Å². The summed E-state index contributed by atoms with van der Waals surface area (Å²) in [7, 11) is 0. The minimum atomic E-state index is 0.468. The van der Waals surface area contributed by atoms with Crippen LogP contribution in [0, 0.1) is 0 Å². The Morgan fingerprint density at radius 2 is 2.00 bits per heavy atom. The molecule has 2 nitrogen and oxygen atoms in total. The highest BCUT2D eigenvalue weighted by Gasteiger charge is 2.17. The molecule has 3 heteroatoms. The number of pyridine rings is 1. The van der Waals surface area contributed by atoms with Crippen LogP contribution in [0.4, 0.5) is 0 Å². The molecule has 1 aliphatic rings. The van der Waals surface area contributed by atoms with E-state index in [1.54, 1.807) is 0 Å². The van der Waals surface area contributed by atoms with Crippen molar-refractivity contribution in [2.24, 2.45) is 0 Å². The van der Waals surface area contributed by atoms with Gasteiger partial charge in [-0.25, -0.2) is 4.98 Å². The second kappa shape index (κ2) is 4.95. The number of halogens is 1. The molecule has 0 radical (unpaired) electrons.